The van der Waals surface area contributed by atoms with Crippen LogP contribution < -0.4 is 0 Å². The minimum atomic E-state index is -0.647. The summed E-state index contributed by atoms with van der Waals surface area (Å²) < 4.78 is 9.47. The number of esters is 2. The molecule has 1 heterocycles. The van der Waals surface area contributed by atoms with E-state index < -0.39 is 12.1 Å². The van der Waals surface area contributed by atoms with Crippen LogP contribution in [0.3, 0.4) is 0 Å². The van der Waals surface area contributed by atoms with Gasteiger partial charge in [-0.05, 0) is 13.3 Å². The molecule has 4 heteroatoms. The van der Waals surface area contributed by atoms with Crippen molar-refractivity contribution in [3.05, 3.63) is 0 Å². The molecule has 68 valence electrons. The molecule has 2 atom stereocenters. The van der Waals surface area contributed by atoms with Gasteiger partial charge in [0.25, 0.3) is 0 Å². The lowest BCUT2D eigenvalue weighted by molar-refractivity contribution is -0.188. The lowest BCUT2D eigenvalue weighted by Gasteiger charge is -2.24. The van der Waals surface area contributed by atoms with E-state index in [9.17, 15) is 9.59 Å². The van der Waals surface area contributed by atoms with Crippen LogP contribution in [0.5, 0.6) is 0 Å². The second kappa shape index (κ2) is 3.56. The van der Waals surface area contributed by atoms with Gasteiger partial charge in [-0.15, -0.1) is 0 Å². The molecule has 0 aromatic heterocycles. The maximum atomic E-state index is 11.0. The van der Waals surface area contributed by atoms with Crippen LogP contribution in [-0.2, 0) is 19.1 Å². The van der Waals surface area contributed by atoms with Crippen LogP contribution in [0, 0.1) is 0 Å². The lowest BCUT2D eigenvalue weighted by atomic mass is 10.2. The van der Waals surface area contributed by atoms with E-state index in [1.165, 1.54) is 0 Å². The van der Waals surface area contributed by atoms with Gasteiger partial charge in [0.05, 0.1) is 12.5 Å². The van der Waals surface area contributed by atoms with E-state index in [4.69, 9.17) is 4.74 Å². The molecule has 0 unspecified atom stereocenters. The SMILES string of the molecule is CC[C@@H](C)OC(=O)[C@@H]1CC(=O)O1. The highest BCUT2D eigenvalue weighted by atomic mass is 16.6. The van der Waals surface area contributed by atoms with E-state index in [1.54, 1.807) is 6.92 Å². The summed E-state index contributed by atoms with van der Waals surface area (Å²) in [6, 6.07) is 0. The average molecular weight is 172 g/mol. The molecule has 0 spiro atoms. The number of hydrogen-bond donors (Lipinski definition) is 0. The van der Waals surface area contributed by atoms with Gasteiger partial charge < -0.3 is 9.47 Å². The third-order valence-electron chi connectivity index (χ3n) is 1.78. The Morgan fingerprint density at radius 1 is 1.83 bits per heavy atom. The molecule has 12 heavy (non-hydrogen) atoms. The first-order valence-corrected chi connectivity index (χ1v) is 4.03. The smallest absolute Gasteiger partial charge is 0.348 e. The largest absolute Gasteiger partial charge is 0.460 e. The molecular weight excluding hydrogens is 160 g/mol. The molecule has 0 radical (unpaired) electrons. The van der Waals surface area contributed by atoms with Crippen molar-refractivity contribution in [1.82, 2.24) is 0 Å². The summed E-state index contributed by atoms with van der Waals surface area (Å²) in [5.41, 5.74) is 0. The number of ether oxygens (including phenoxy) is 2. The molecule has 0 amide bonds. The van der Waals surface area contributed by atoms with Crippen molar-refractivity contribution >= 4 is 11.9 Å². The van der Waals surface area contributed by atoms with Crippen LogP contribution in [0.15, 0.2) is 0 Å². The average Bonchev–Trinajstić information content (AvgIpc) is 1.98. The molecule has 1 fully saturated rings. The Kier molecular flexibility index (Phi) is 2.68. The monoisotopic (exact) mass is 172 g/mol. The van der Waals surface area contributed by atoms with Crippen LogP contribution in [-0.4, -0.2) is 24.1 Å². The minimum Gasteiger partial charge on any atom is -0.460 e. The quantitative estimate of drug-likeness (QED) is 0.586. The van der Waals surface area contributed by atoms with Crippen molar-refractivity contribution in [1.29, 1.82) is 0 Å². The third kappa shape index (κ3) is 1.96. The van der Waals surface area contributed by atoms with E-state index in [0.717, 1.165) is 6.42 Å². The normalized spacial score (nSPS) is 23.8. The van der Waals surface area contributed by atoms with Gasteiger partial charge >= 0.3 is 11.9 Å². The fraction of sp³-hybridized carbons (Fsp3) is 0.750. The summed E-state index contributed by atoms with van der Waals surface area (Å²) in [6.07, 6.45) is 0.185. The Morgan fingerprint density at radius 2 is 2.42 bits per heavy atom. The fourth-order valence-corrected chi connectivity index (χ4v) is 0.789. The van der Waals surface area contributed by atoms with Crippen molar-refractivity contribution in [2.45, 2.75) is 38.9 Å². The Labute approximate surface area is 70.8 Å². The molecule has 0 aromatic rings. The summed E-state index contributed by atoms with van der Waals surface area (Å²) >= 11 is 0. The Balaban J connectivity index is 2.25. The maximum Gasteiger partial charge on any atom is 0.348 e. The van der Waals surface area contributed by atoms with Crippen LogP contribution in [0.2, 0.25) is 0 Å². The molecular formula is C8H12O4. The molecule has 1 saturated heterocycles. The van der Waals surface area contributed by atoms with Crippen molar-refractivity contribution in [3.63, 3.8) is 0 Å². The number of carbonyl (C=O) groups is 2. The summed E-state index contributed by atoms with van der Waals surface area (Å²) in [7, 11) is 0. The van der Waals surface area contributed by atoms with E-state index in [-0.39, 0.29) is 18.5 Å². The first-order valence-electron chi connectivity index (χ1n) is 4.03. The predicted molar refractivity (Wildman–Crippen MR) is 40.3 cm³/mol. The first-order chi connectivity index (χ1) is 5.63. The van der Waals surface area contributed by atoms with Gasteiger partial charge in [-0.3, -0.25) is 4.79 Å². The van der Waals surface area contributed by atoms with Gasteiger partial charge in [0.2, 0.25) is 6.10 Å². The van der Waals surface area contributed by atoms with Gasteiger partial charge in [0.15, 0.2) is 0 Å². The molecule has 1 rings (SSSR count). The minimum absolute atomic E-state index is 0.100. The highest BCUT2D eigenvalue weighted by molar-refractivity contribution is 5.89. The molecule has 0 aliphatic carbocycles. The maximum absolute atomic E-state index is 11.0. The fourth-order valence-electron chi connectivity index (χ4n) is 0.789. The van der Waals surface area contributed by atoms with Gasteiger partial charge in [-0.2, -0.15) is 0 Å². The Bertz CT molecular complexity index is 191. The molecule has 1 aliphatic rings. The van der Waals surface area contributed by atoms with Crippen molar-refractivity contribution in [2.24, 2.45) is 0 Å². The number of hydrogen-bond acceptors (Lipinski definition) is 4. The van der Waals surface area contributed by atoms with Crippen LogP contribution in [0.4, 0.5) is 0 Å². The van der Waals surface area contributed by atoms with Gasteiger partial charge in [0.1, 0.15) is 0 Å². The summed E-state index contributed by atoms with van der Waals surface area (Å²) in [4.78, 5) is 21.4. The molecule has 1 aliphatic heterocycles. The highest BCUT2D eigenvalue weighted by Crippen LogP contribution is 2.15. The van der Waals surface area contributed by atoms with Crippen LogP contribution in [0.25, 0.3) is 0 Å². The van der Waals surface area contributed by atoms with E-state index in [2.05, 4.69) is 4.74 Å². The lowest BCUT2D eigenvalue weighted by Crippen LogP contribution is -2.41. The van der Waals surface area contributed by atoms with Crippen molar-refractivity contribution < 1.29 is 19.1 Å². The summed E-state index contributed by atoms with van der Waals surface area (Å²) in [5.74, 6) is -0.759. The zero-order valence-corrected chi connectivity index (χ0v) is 7.20. The topological polar surface area (TPSA) is 52.6 Å². The van der Waals surface area contributed by atoms with E-state index in [0.29, 0.717) is 0 Å². The van der Waals surface area contributed by atoms with Crippen molar-refractivity contribution in [3.8, 4) is 0 Å². The highest BCUT2D eigenvalue weighted by Gasteiger charge is 2.36. The first kappa shape index (κ1) is 9.03. The van der Waals surface area contributed by atoms with E-state index in [1.807, 2.05) is 6.92 Å². The Hall–Kier alpha value is -1.06. The van der Waals surface area contributed by atoms with Crippen molar-refractivity contribution in [2.75, 3.05) is 0 Å². The van der Waals surface area contributed by atoms with Gasteiger partial charge in [0, 0.05) is 0 Å². The molecule has 4 nitrogen and oxygen atoms in total. The number of cyclic esters (lactones) is 1. The van der Waals surface area contributed by atoms with Gasteiger partial charge in [-0.1, -0.05) is 6.92 Å². The predicted octanol–water partition coefficient (Wildman–Crippen LogP) is 0.644. The second-order valence-corrected chi connectivity index (χ2v) is 2.84. The third-order valence-corrected chi connectivity index (χ3v) is 1.78. The molecule has 0 aromatic carbocycles. The zero-order valence-electron chi connectivity index (χ0n) is 7.20. The number of carbonyl (C=O) groups excluding carboxylic acids is 2. The summed E-state index contributed by atoms with van der Waals surface area (Å²) in [6.45, 7) is 3.73. The van der Waals surface area contributed by atoms with Crippen LogP contribution in [0.1, 0.15) is 26.7 Å². The Morgan fingerprint density at radius 3 is 2.83 bits per heavy atom. The standard InChI is InChI=1S/C8H12O4/c1-3-5(2)11-8(10)6-4-7(9)12-6/h5-6H,3-4H2,1-2H3/t5-,6+/m1/s1. The van der Waals surface area contributed by atoms with Crippen LogP contribution >= 0.6 is 0 Å². The molecule has 0 N–H and O–H groups in total. The van der Waals surface area contributed by atoms with Gasteiger partial charge in [-0.25, -0.2) is 4.79 Å². The second-order valence-electron chi connectivity index (χ2n) is 2.84. The molecule has 0 saturated carbocycles. The molecule has 0 bridgehead atoms. The number of rotatable bonds is 3. The zero-order chi connectivity index (χ0) is 9.14. The summed E-state index contributed by atoms with van der Waals surface area (Å²) in [5, 5.41) is 0. The van der Waals surface area contributed by atoms with E-state index >= 15 is 0 Å².